The maximum Gasteiger partial charge on any atom is 0.137 e. The molecule has 0 aliphatic rings. The second-order valence-corrected chi connectivity index (χ2v) is 1.74. The zero-order valence-electron chi connectivity index (χ0n) is 5.05. The highest BCUT2D eigenvalue weighted by Gasteiger charge is 2.02. The summed E-state index contributed by atoms with van der Waals surface area (Å²) in [7, 11) is 0. The smallest absolute Gasteiger partial charge is 0.137 e. The van der Waals surface area contributed by atoms with Gasteiger partial charge in [0.25, 0.3) is 0 Å². The Kier molecular flexibility index (Phi) is 1.31. The molecule has 0 saturated heterocycles. The predicted molar refractivity (Wildman–Crippen MR) is 34.6 cm³/mol. The van der Waals surface area contributed by atoms with Gasteiger partial charge in [-0.1, -0.05) is 0 Å². The van der Waals surface area contributed by atoms with E-state index in [1.54, 1.807) is 0 Å². The van der Waals surface area contributed by atoms with E-state index in [-0.39, 0.29) is 5.69 Å². The minimum atomic E-state index is 0.222. The lowest BCUT2D eigenvalue weighted by molar-refractivity contribution is 1.32. The Morgan fingerprint density at radius 3 is 2.50 bits per heavy atom. The maximum atomic E-state index is 8.39. The summed E-state index contributed by atoms with van der Waals surface area (Å²) in [6.45, 7) is 0. The average molecular weight is 132 g/mol. The van der Waals surface area contributed by atoms with Crippen molar-refractivity contribution >= 4 is 5.82 Å². The number of H-pyrrole nitrogens is 1. The molecule has 0 unspecified atom stereocenters. The topological polar surface area (TPSA) is 89.4 Å². The minimum absolute atomic E-state index is 0.222. The van der Waals surface area contributed by atoms with Gasteiger partial charge in [-0.3, -0.25) is 0 Å². The number of rotatable bonds is 0. The third kappa shape index (κ3) is 0.785. The normalized spacial score (nSPS) is 8.20. The molecule has 0 aliphatic heterocycles. The van der Waals surface area contributed by atoms with Crippen LogP contribution in [0.4, 0.5) is 5.82 Å². The van der Waals surface area contributed by atoms with E-state index in [0.29, 0.717) is 11.4 Å². The van der Waals surface area contributed by atoms with Crippen LogP contribution in [0.25, 0.3) is 0 Å². The van der Waals surface area contributed by atoms with E-state index in [2.05, 4.69) is 4.98 Å². The molecule has 0 aliphatic carbocycles. The van der Waals surface area contributed by atoms with Crippen LogP contribution in [0.5, 0.6) is 0 Å². The van der Waals surface area contributed by atoms with Crippen molar-refractivity contribution in [2.24, 2.45) is 0 Å². The van der Waals surface area contributed by atoms with Crippen molar-refractivity contribution in [3.63, 3.8) is 0 Å². The van der Waals surface area contributed by atoms with Gasteiger partial charge in [0.1, 0.15) is 23.7 Å². The molecule has 1 aromatic rings. The molecular formula is C6H4N4. The standard InChI is InChI=1S/C6H4N4/c7-2-4-1-6(9)10-5(4)3-8/h1,10H,9H2. The van der Waals surface area contributed by atoms with Crippen molar-refractivity contribution in [2.45, 2.75) is 0 Å². The summed E-state index contributed by atoms with van der Waals surface area (Å²) in [5, 5.41) is 16.8. The highest BCUT2D eigenvalue weighted by molar-refractivity contribution is 5.50. The molecule has 0 fully saturated rings. The first-order chi connectivity index (χ1) is 4.77. The van der Waals surface area contributed by atoms with E-state index in [9.17, 15) is 0 Å². The molecule has 0 aromatic carbocycles. The van der Waals surface area contributed by atoms with Gasteiger partial charge < -0.3 is 10.7 Å². The quantitative estimate of drug-likeness (QED) is 0.533. The number of anilines is 1. The van der Waals surface area contributed by atoms with Gasteiger partial charge in [0.15, 0.2) is 0 Å². The molecule has 10 heavy (non-hydrogen) atoms. The van der Waals surface area contributed by atoms with E-state index in [1.165, 1.54) is 6.07 Å². The van der Waals surface area contributed by atoms with Crippen molar-refractivity contribution in [1.29, 1.82) is 10.5 Å². The Morgan fingerprint density at radius 1 is 1.40 bits per heavy atom. The lowest BCUT2D eigenvalue weighted by atomic mass is 10.3. The van der Waals surface area contributed by atoms with Crippen LogP contribution in [0.2, 0.25) is 0 Å². The number of hydrogen-bond donors (Lipinski definition) is 2. The third-order valence-corrected chi connectivity index (χ3v) is 1.07. The van der Waals surface area contributed by atoms with Crippen LogP contribution in [0, 0.1) is 22.7 Å². The Bertz CT molecular complexity index is 291. The maximum absolute atomic E-state index is 8.39. The number of aromatic nitrogens is 1. The number of nitrogens with one attached hydrogen (secondary N) is 1. The van der Waals surface area contributed by atoms with Crippen molar-refractivity contribution in [3.8, 4) is 12.1 Å². The SMILES string of the molecule is N#Cc1cc(N)[nH]c1C#N. The summed E-state index contributed by atoms with van der Waals surface area (Å²) in [6.07, 6.45) is 0. The number of nitrogen functional groups attached to an aromatic ring is 1. The molecule has 0 atom stereocenters. The molecule has 0 radical (unpaired) electrons. The molecule has 1 aromatic heterocycles. The van der Waals surface area contributed by atoms with Crippen LogP contribution in [0.15, 0.2) is 6.07 Å². The third-order valence-electron chi connectivity index (χ3n) is 1.07. The van der Waals surface area contributed by atoms with Crippen molar-refractivity contribution in [2.75, 3.05) is 5.73 Å². The fraction of sp³-hybridized carbons (Fsp3) is 0. The molecule has 4 nitrogen and oxygen atoms in total. The van der Waals surface area contributed by atoms with E-state index in [0.717, 1.165) is 0 Å². The molecule has 4 heteroatoms. The highest BCUT2D eigenvalue weighted by Crippen LogP contribution is 2.08. The number of hydrogen-bond acceptors (Lipinski definition) is 3. The fourth-order valence-corrected chi connectivity index (χ4v) is 0.652. The van der Waals surface area contributed by atoms with Crippen LogP contribution in [0.3, 0.4) is 0 Å². The second-order valence-electron chi connectivity index (χ2n) is 1.74. The summed E-state index contributed by atoms with van der Waals surface area (Å²) in [5.41, 5.74) is 5.79. The zero-order valence-corrected chi connectivity index (χ0v) is 5.05. The van der Waals surface area contributed by atoms with Gasteiger partial charge in [-0.05, 0) is 6.07 Å². The van der Waals surface area contributed by atoms with Crippen LogP contribution >= 0.6 is 0 Å². The monoisotopic (exact) mass is 132 g/mol. The Hall–Kier alpha value is -1.94. The van der Waals surface area contributed by atoms with Crippen LogP contribution in [-0.2, 0) is 0 Å². The lowest BCUT2D eigenvalue weighted by Crippen LogP contribution is -1.82. The van der Waals surface area contributed by atoms with Gasteiger partial charge in [-0.2, -0.15) is 10.5 Å². The first-order valence-electron chi connectivity index (χ1n) is 2.56. The molecule has 1 heterocycles. The van der Waals surface area contributed by atoms with E-state index >= 15 is 0 Å². The molecule has 0 bridgehead atoms. The molecule has 0 saturated carbocycles. The average Bonchev–Trinajstić information content (AvgIpc) is 2.30. The van der Waals surface area contributed by atoms with Crippen LogP contribution in [0.1, 0.15) is 11.3 Å². The van der Waals surface area contributed by atoms with Gasteiger partial charge >= 0.3 is 0 Å². The summed E-state index contributed by atoms with van der Waals surface area (Å²) in [5.74, 6) is 0.341. The number of aromatic amines is 1. The Labute approximate surface area is 57.5 Å². The summed E-state index contributed by atoms with van der Waals surface area (Å²) in [4.78, 5) is 2.54. The molecular weight excluding hydrogens is 128 g/mol. The predicted octanol–water partition coefficient (Wildman–Crippen LogP) is 0.340. The number of nitrogens with zero attached hydrogens (tertiary/aromatic N) is 2. The molecule has 0 spiro atoms. The molecule has 0 amide bonds. The summed E-state index contributed by atoms with van der Waals surface area (Å²) in [6, 6.07) is 5.07. The van der Waals surface area contributed by atoms with Gasteiger partial charge in [0, 0.05) is 0 Å². The molecule has 3 N–H and O–H groups in total. The summed E-state index contributed by atoms with van der Waals surface area (Å²) < 4.78 is 0. The number of nitriles is 2. The highest BCUT2D eigenvalue weighted by atomic mass is 14.8. The van der Waals surface area contributed by atoms with E-state index < -0.39 is 0 Å². The van der Waals surface area contributed by atoms with E-state index in [1.807, 2.05) is 12.1 Å². The largest absolute Gasteiger partial charge is 0.385 e. The van der Waals surface area contributed by atoms with E-state index in [4.69, 9.17) is 16.3 Å². The summed E-state index contributed by atoms with van der Waals surface area (Å²) >= 11 is 0. The van der Waals surface area contributed by atoms with Crippen molar-refractivity contribution in [1.82, 2.24) is 4.98 Å². The lowest BCUT2D eigenvalue weighted by Gasteiger charge is -1.77. The number of nitrogens with two attached hydrogens (primary N) is 1. The van der Waals surface area contributed by atoms with Gasteiger partial charge in [-0.15, -0.1) is 0 Å². The Morgan fingerprint density at radius 2 is 2.10 bits per heavy atom. The fourth-order valence-electron chi connectivity index (χ4n) is 0.652. The Balaban J connectivity index is 3.28. The van der Waals surface area contributed by atoms with Crippen LogP contribution < -0.4 is 5.73 Å². The van der Waals surface area contributed by atoms with Crippen LogP contribution in [-0.4, -0.2) is 4.98 Å². The van der Waals surface area contributed by atoms with Gasteiger partial charge in [-0.25, -0.2) is 0 Å². The van der Waals surface area contributed by atoms with Crippen molar-refractivity contribution < 1.29 is 0 Å². The minimum Gasteiger partial charge on any atom is -0.385 e. The van der Waals surface area contributed by atoms with Crippen molar-refractivity contribution in [3.05, 3.63) is 17.3 Å². The zero-order chi connectivity index (χ0) is 7.56. The first-order valence-corrected chi connectivity index (χ1v) is 2.56. The van der Waals surface area contributed by atoms with Gasteiger partial charge in [0.2, 0.25) is 0 Å². The molecule has 48 valence electrons. The molecule has 1 rings (SSSR count). The van der Waals surface area contributed by atoms with Gasteiger partial charge in [0.05, 0.1) is 5.56 Å². The second kappa shape index (κ2) is 2.12. The first kappa shape index (κ1) is 6.18.